The number of para-hydroxylation sites is 1. The molecule has 2 heterocycles. The van der Waals surface area contributed by atoms with Crippen LogP contribution >= 0.6 is 11.6 Å². The van der Waals surface area contributed by atoms with Crippen LogP contribution in [0, 0.1) is 0 Å². The molecule has 4 nitrogen and oxygen atoms in total. The van der Waals surface area contributed by atoms with E-state index in [9.17, 15) is 0 Å². The van der Waals surface area contributed by atoms with Crippen LogP contribution in [0.1, 0.15) is 19.4 Å². The molecule has 0 aliphatic carbocycles. The lowest BCUT2D eigenvalue weighted by Gasteiger charge is -2.18. The van der Waals surface area contributed by atoms with Gasteiger partial charge in [-0.1, -0.05) is 12.1 Å². The summed E-state index contributed by atoms with van der Waals surface area (Å²) in [7, 11) is 0. The van der Waals surface area contributed by atoms with Crippen LogP contribution in [0.3, 0.4) is 0 Å². The van der Waals surface area contributed by atoms with Gasteiger partial charge in [-0.2, -0.15) is 4.98 Å². The molecule has 2 aromatic rings. The molecule has 0 unspecified atom stereocenters. The summed E-state index contributed by atoms with van der Waals surface area (Å²) < 4.78 is 11.7. The van der Waals surface area contributed by atoms with Gasteiger partial charge >= 0.3 is 0 Å². The van der Waals surface area contributed by atoms with Gasteiger partial charge in [0.1, 0.15) is 5.60 Å². The maximum atomic E-state index is 5.93. The van der Waals surface area contributed by atoms with Crippen LogP contribution in [0.2, 0.25) is 5.28 Å². The van der Waals surface area contributed by atoms with E-state index in [1.165, 1.54) is 0 Å². The van der Waals surface area contributed by atoms with Crippen molar-refractivity contribution in [3.63, 3.8) is 0 Å². The van der Waals surface area contributed by atoms with E-state index in [4.69, 9.17) is 21.1 Å². The van der Waals surface area contributed by atoms with E-state index < -0.39 is 0 Å². The molecule has 0 saturated carbocycles. The van der Waals surface area contributed by atoms with Crippen molar-refractivity contribution < 1.29 is 9.47 Å². The van der Waals surface area contributed by atoms with Gasteiger partial charge < -0.3 is 9.47 Å². The Morgan fingerprint density at radius 3 is 2.95 bits per heavy atom. The average molecular weight is 277 g/mol. The zero-order valence-corrected chi connectivity index (χ0v) is 11.4. The van der Waals surface area contributed by atoms with E-state index in [-0.39, 0.29) is 10.9 Å². The van der Waals surface area contributed by atoms with Gasteiger partial charge in [0.15, 0.2) is 11.5 Å². The van der Waals surface area contributed by atoms with E-state index in [0.29, 0.717) is 11.6 Å². The molecule has 0 atom stereocenters. The molecule has 1 aliphatic rings. The van der Waals surface area contributed by atoms with Crippen molar-refractivity contribution in [2.24, 2.45) is 0 Å². The highest BCUT2D eigenvalue weighted by molar-refractivity contribution is 6.28. The molecule has 0 fully saturated rings. The average Bonchev–Trinajstić information content (AvgIpc) is 2.64. The Morgan fingerprint density at radius 1 is 1.32 bits per heavy atom. The van der Waals surface area contributed by atoms with Crippen molar-refractivity contribution in [2.75, 3.05) is 0 Å². The van der Waals surface area contributed by atoms with Crippen molar-refractivity contribution in [3.8, 4) is 17.4 Å². The number of rotatable bonds is 2. The summed E-state index contributed by atoms with van der Waals surface area (Å²) in [5, 5.41) is 0.159. The fourth-order valence-electron chi connectivity index (χ4n) is 2.16. The molecule has 1 aliphatic heterocycles. The molecule has 19 heavy (non-hydrogen) atoms. The van der Waals surface area contributed by atoms with Gasteiger partial charge in [-0.3, -0.25) is 0 Å². The normalized spacial score (nSPS) is 15.7. The predicted molar refractivity (Wildman–Crippen MR) is 72.0 cm³/mol. The molecule has 1 aromatic carbocycles. The molecular weight excluding hydrogens is 264 g/mol. The maximum absolute atomic E-state index is 5.93. The summed E-state index contributed by atoms with van der Waals surface area (Å²) in [5.41, 5.74) is 0.938. The standard InChI is InChI=1S/C14H13ClN2O2/c1-14(2)8-9-4-3-5-10(12(9)19-14)18-11-6-7-16-13(15)17-11/h3-7H,8H2,1-2H3. The van der Waals surface area contributed by atoms with E-state index in [2.05, 4.69) is 23.8 Å². The molecule has 0 saturated heterocycles. The summed E-state index contributed by atoms with van der Waals surface area (Å²) in [6.45, 7) is 4.11. The zero-order chi connectivity index (χ0) is 13.5. The predicted octanol–water partition coefficient (Wildman–Crippen LogP) is 3.64. The molecule has 0 N–H and O–H groups in total. The second kappa shape index (κ2) is 4.38. The fourth-order valence-corrected chi connectivity index (χ4v) is 2.30. The third-order valence-corrected chi connectivity index (χ3v) is 3.05. The Balaban J connectivity index is 1.94. The summed E-state index contributed by atoms with van der Waals surface area (Å²) in [6.07, 6.45) is 2.42. The van der Waals surface area contributed by atoms with Gasteiger partial charge in [-0.25, -0.2) is 4.98 Å². The monoisotopic (exact) mass is 276 g/mol. The molecular formula is C14H13ClN2O2. The molecule has 0 radical (unpaired) electrons. The quantitative estimate of drug-likeness (QED) is 0.786. The summed E-state index contributed by atoms with van der Waals surface area (Å²) >= 11 is 5.74. The first-order chi connectivity index (χ1) is 9.03. The van der Waals surface area contributed by atoms with Gasteiger partial charge in [-0.05, 0) is 31.5 Å². The number of hydrogen-bond acceptors (Lipinski definition) is 4. The zero-order valence-electron chi connectivity index (χ0n) is 10.7. The first kappa shape index (κ1) is 12.2. The Kier molecular flexibility index (Phi) is 2.82. The number of nitrogens with zero attached hydrogens (tertiary/aromatic N) is 2. The highest BCUT2D eigenvalue weighted by atomic mass is 35.5. The van der Waals surface area contributed by atoms with Crippen LogP contribution in [0.5, 0.6) is 17.4 Å². The number of ether oxygens (including phenoxy) is 2. The smallest absolute Gasteiger partial charge is 0.225 e. The SMILES string of the molecule is CC1(C)Cc2cccc(Oc3ccnc(Cl)n3)c2O1. The number of aromatic nitrogens is 2. The van der Waals surface area contributed by atoms with Crippen molar-refractivity contribution in [1.82, 2.24) is 9.97 Å². The number of halogens is 1. The second-order valence-electron chi connectivity index (χ2n) is 5.05. The molecule has 1 aromatic heterocycles. The van der Waals surface area contributed by atoms with Gasteiger partial charge in [-0.15, -0.1) is 0 Å². The Labute approximate surface area is 116 Å². The second-order valence-corrected chi connectivity index (χ2v) is 5.39. The summed E-state index contributed by atoms with van der Waals surface area (Å²) in [5.74, 6) is 1.83. The highest BCUT2D eigenvalue weighted by Gasteiger charge is 2.32. The third-order valence-electron chi connectivity index (χ3n) is 2.87. The molecule has 0 spiro atoms. The van der Waals surface area contributed by atoms with Gasteiger partial charge in [0.25, 0.3) is 0 Å². The minimum absolute atomic E-state index is 0.159. The number of hydrogen-bond donors (Lipinski definition) is 0. The van der Waals surface area contributed by atoms with Crippen molar-refractivity contribution in [3.05, 3.63) is 41.3 Å². The Bertz CT molecular complexity index is 629. The maximum Gasteiger partial charge on any atom is 0.225 e. The van der Waals surface area contributed by atoms with Crippen LogP contribution in [-0.2, 0) is 6.42 Å². The molecule has 5 heteroatoms. The summed E-state index contributed by atoms with van der Waals surface area (Å²) in [4.78, 5) is 7.83. The number of fused-ring (bicyclic) bond motifs is 1. The largest absolute Gasteiger partial charge is 0.483 e. The van der Waals surface area contributed by atoms with Crippen molar-refractivity contribution in [2.45, 2.75) is 25.9 Å². The topological polar surface area (TPSA) is 44.2 Å². The number of benzene rings is 1. The van der Waals surface area contributed by atoms with Crippen molar-refractivity contribution in [1.29, 1.82) is 0 Å². The van der Waals surface area contributed by atoms with E-state index in [1.54, 1.807) is 12.3 Å². The van der Waals surface area contributed by atoms with E-state index >= 15 is 0 Å². The Hall–Kier alpha value is -1.81. The molecule has 3 rings (SSSR count). The van der Waals surface area contributed by atoms with Gasteiger partial charge in [0.05, 0.1) is 0 Å². The Morgan fingerprint density at radius 2 is 2.16 bits per heavy atom. The van der Waals surface area contributed by atoms with Crippen LogP contribution in [-0.4, -0.2) is 15.6 Å². The lowest BCUT2D eigenvalue weighted by atomic mass is 10.0. The van der Waals surface area contributed by atoms with Crippen molar-refractivity contribution >= 4 is 11.6 Å². The lowest BCUT2D eigenvalue weighted by Crippen LogP contribution is -2.24. The van der Waals surface area contributed by atoms with Crippen LogP contribution in [0.4, 0.5) is 0 Å². The first-order valence-electron chi connectivity index (χ1n) is 6.01. The molecule has 0 amide bonds. The lowest BCUT2D eigenvalue weighted by molar-refractivity contribution is 0.135. The van der Waals surface area contributed by atoms with E-state index in [1.807, 2.05) is 18.2 Å². The minimum atomic E-state index is -0.203. The molecule has 0 bridgehead atoms. The van der Waals surface area contributed by atoms with Crippen LogP contribution in [0.25, 0.3) is 0 Å². The fraction of sp³-hybridized carbons (Fsp3) is 0.286. The van der Waals surface area contributed by atoms with Crippen LogP contribution in [0.15, 0.2) is 30.5 Å². The van der Waals surface area contributed by atoms with Gasteiger partial charge in [0, 0.05) is 24.2 Å². The highest BCUT2D eigenvalue weighted by Crippen LogP contribution is 2.42. The van der Waals surface area contributed by atoms with Gasteiger partial charge in [0.2, 0.25) is 11.2 Å². The van der Waals surface area contributed by atoms with E-state index in [0.717, 1.165) is 17.7 Å². The third kappa shape index (κ3) is 2.49. The molecule has 98 valence electrons. The van der Waals surface area contributed by atoms with Crippen LogP contribution < -0.4 is 9.47 Å². The summed E-state index contributed by atoms with van der Waals surface area (Å²) in [6, 6.07) is 7.51. The first-order valence-corrected chi connectivity index (χ1v) is 6.39. The minimum Gasteiger partial charge on any atom is -0.483 e.